The smallest absolute Gasteiger partial charge is 0.160 e. The molecule has 5 heteroatoms. The lowest BCUT2D eigenvalue weighted by atomic mass is 9.94. The molecule has 5 nitrogen and oxygen atoms in total. The monoisotopic (exact) mass is 302 g/mol. The van der Waals surface area contributed by atoms with Crippen molar-refractivity contribution < 1.29 is 4.74 Å². The first-order valence-electron chi connectivity index (χ1n) is 8.33. The van der Waals surface area contributed by atoms with Crippen molar-refractivity contribution in [1.82, 2.24) is 19.4 Å². The van der Waals surface area contributed by atoms with Gasteiger partial charge in [-0.25, -0.2) is 9.97 Å². The number of fused-ring (bicyclic) bond motifs is 1. The third-order valence-corrected chi connectivity index (χ3v) is 4.62. The molecule has 2 aromatic rings. The molecule has 3 rings (SSSR count). The number of imidazole rings is 1. The Morgan fingerprint density at radius 1 is 1.41 bits per heavy atom. The number of piperidine rings is 1. The molecule has 0 N–H and O–H groups in total. The molecule has 2 aromatic heterocycles. The summed E-state index contributed by atoms with van der Waals surface area (Å²) in [5.41, 5.74) is 1.98. The largest absolute Gasteiger partial charge is 0.383 e. The van der Waals surface area contributed by atoms with Crippen LogP contribution >= 0.6 is 0 Å². The summed E-state index contributed by atoms with van der Waals surface area (Å²) in [5, 5.41) is 0. The third kappa shape index (κ3) is 3.31. The fraction of sp³-hybridized carbons (Fsp3) is 0.647. The van der Waals surface area contributed by atoms with Gasteiger partial charge in [-0.15, -0.1) is 0 Å². The van der Waals surface area contributed by atoms with Crippen molar-refractivity contribution in [3.63, 3.8) is 0 Å². The van der Waals surface area contributed by atoms with Gasteiger partial charge in [-0.05, 0) is 44.0 Å². The Hall–Kier alpha value is -1.46. The van der Waals surface area contributed by atoms with E-state index in [2.05, 4.69) is 21.4 Å². The van der Waals surface area contributed by atoms with Gasteiger partial charge in [-0.1, -0.05) is 6.92 Å². The van der Waals surface area contributed by atoms with E-state index in [1.807, 2.05) is 18.3 Å². The summed E-state index contributed by atoms with van der Waals surface area (Å²) in [6, 6.07) is 4.01. The van der Waals surface area contributed by atoms with E-state index in [0.29, 0.717) is 12.5 Å². The van der Waals surface area contributed by atoms with Crippen LogP contribution < -0.4 is 0 Å². The predicted molar refractivity (Wildman–Crippen MR) is 87.9 cm³/mol. The second kappa shape index (κ2) is 7.20. The average Bonchev–Trinajstić information content (AvgIpc) is 2.90. The molecule has 0 amide bonds. The highest BCUT2D eigenvalue weighted by atomic mass is 16.5. The molecular formula is C17H26N4O. The van der Waals surface area contributed by atoms with Gasteiger partial charge in [0.2, 0.25) is 0 Å². The lowest BCUT2D eigenvalue weighted by Crippen LogP contribution is -2.36. The summed E-state index contributed by atoms with van der Waals surface area (Å²) in [5.74, 6) is 1.86. The predicted octanol–water partition coefficient (Wildman–Crippen LogP) is 2.35. The van der Waals surface area contributed by atoms with Crippen LogP contribution in [0.5, 0.6) is 0 Å². The molecule has 120 valence electrons. The van der Waals surface area contributed by atoms with E-state index in [1.165, 1.54) is 25.9 Å². The molecule has 1 aliphatic heterocycles. The van der Waals surface area contributed by atoms with Gasteiger partial charge in [-0.2, -0.15) is 0 Å². The van der Waals surface area contributed by atoms with Crippen molar-refractivity contribution in [2.24, 2.45) is 5.92 Å². The van der Waals surface area contributed by atoms with Crippen molar-refractivity contribution in [1.29, 1.82) is 0 Å². The number of aromatic nitrogens is 3. The van der Waals surface area contributed by atoms with Crippen LogP contribution in [-0.4, -0.2) is 52.8 Å². The zero-order valence-corrected chi connectivity index (χ0v) is 13.7. The Morgan fingerprint density at radius 2 is 2.32 bits per heavy atom. The number of likely N-dealkylation sites (tertiary alicyclic amines) is 1. The van der Waals surface area contributed by atoms with Crippen molar-refractivity contribution in [3.05, 3.63) is 24.2 Å². The molecule has 1 aliphatic rings. The number of hydrogen-bond acceptors (Lipinski definition) is 4. The van der Waals surface area contributed by atoms with Gasteiger partial charge in [0, 0.05) is 32.8 Å². The average molecular weight is 302 g/mol. The molecule has 1 unspecified atom stereocenters. The number of nitrogens with zero attached hydrogens (tertiary/aromatic N) is 4. The molecule has 0 aromatic carbocycles. The Balaban J connectivity index is 1.82. The Labute approximate surface area is 132 Å². The Bertz CT molecular complexity index is 610. The highest BCUT2D eigenvalue weighted by Crippen LogP contribution is 2.22. The SMILES string of the molecule is CCN1CCCC(Cc2nc3cccnc3n2CCOC)C1. The summed E-state index contributed by atoms with van der Waals surface area (Å²) in [6.45, 7) is 7.36. The number of pyridine rings is 1. The van der Waals surface area contributed by atoms with Gasteiger partial charge in [0.1, 0.15) is 11.3 Å². The fourth-order valence-corrected chi connectivity index (χ4v) is 3.44. The van der Waals surface area contributed by atoms with E-state index in [1.54, 1.807) is 7.11 Å². The first kappa shape index (κ1) is 15.4. The van der Waals surface area contributed by atoms with Crippen LogP contribution in [0.15, 0.2) is 18.3 Å². The van der Waals surface area contributed by atoms with E-state index in [9.17, 15) is 0 Å². The molecular weight excluding hydrogens is 276 g/mol. The maximum absolute atomic E-state index is 5.26. The molecule has 0 radical (unpaired) electrons. The number of methoxy groups -OCH3 is 1. The fourth-order valence-electron chi connectivity index (χ4n) is 3.44. The first-order chi connectivity index (χ1) is 10.8. The number of rotatable bonds is 6. The van der Waals surface area contributed by atoms with Crippen LogP contribution in [-0.2, 0) is 17.7 Å². The minimum absolute atomic E-state index is 0.695. The minimum atomic E-state index is 0.695. The van der Waals surface area contributed by atoms with Gasteiger partial charge in [0.25, 0.3) is 0 Å². The van der Waals surface area contributed by atoms with Crippen LogP contribution in [0.25, 0.3) is 11.2 Å². The summed E-state index contributed by atoms with van der Waals surface area (Å²) >= 11 is 0. The molecule has 22 heavy (non-hydrogen) atoms. The summed E-state index contributed by atoms with van der Waals surface area (Å²) < 4.78 is 7.50. The molecule has 3 heterocycles. The Kier molecular flexibility index (Phi) is 5.05. The standard InChI is InChI=1S/C17H26N4O/c1-3-20-9-5-6-14(13-20)12-16-19-15-7-4-8-18-17(15)21(16)10-11-22-2/h4,7-8,14H,3,5-6,9-13H2,1-2H3. The molecule has 1 saturated heterocycles. The lowest BCUT2D eigenvalue weighted by Gasteiger charge is -2.31. The molecule has 1 atom stereocenters. The Morgan fingerprint density at radius 3 is 3.14 bits per heavy atom. The molecule has 1 fully saturated rings. The van der Waals surface area contributed by atoms with E-state index in [0.717, 1.165) is 36.5 Å². The molecule has 0 aliphatic carbocycles. The summed E-state index contributed by atoms with van der Waals surface area (Å²) in [6.07, 6.45) is 5.49. The van der Waals surface area contributed by atoms with Crippen LogP contribution in [0, 0.1) is 5.92 Å². The zero-order valence-electron chi connectivity index (χ0n) is 13.7. The summed E-state index contributed by atoms with van der Waals surface area (Å²) in [7, 11) is 1.74. The topological polar surface area (TPSA) is 43.2 Å². The first-order valence-corrected chi connectivity index (χ1v) is 8.33. The third-order valence-electron chi connectivity index (χ3n) is 4.62. The number of hydrogen-bond donors (Lipinski definition) is 0. The van der Waals surface area contributed by atoms with Gasteiger partial charge < -0.3 is 14.2 Å². The van der Waals surface area contributed by atoms with Crippen LogP contribution in [0.2, 0.25) is 0 Å². The van der Waals surface area contributed by atoms with E-state index in [-0.39, 0.29) is 0 Å². The normalized spacial score (nSPS) is 19.8. The van der Waals surface area contributed by atoms with Gasteiger partial charge >= 0.3 is 0 Å². The number of ether oxygens (including phenoxy) is 1. The second-order valence-electron chi connectivity index (χ2n) is 6.12. The van der Waals surface area contributed by atoms with Crippen molar-refractivity contribution in [3.8, 4) is 0 Å². The maximum Gasteiger partial charge on any atom is 0.160 e. The maximum atomic E-state index is 5.26. The van der Waals surface area contributed by atoms with Crippen molar-refractivity contribution in [2.75, 3.05) is 33.4 Å². The lowest BCUT2D eigenvalue weighted by molar-refractivity contribution is 0.175. The van der Waals surface area contributed by atoms with E-state index < -0.39 is 0 Å². The van der Waals surface area contributed by atoms with Gasteiger partial charge in [-0.3, -0.25) is 0 Å². The van der Waals surface area contributed by atoms with Crippen LogP contribution in [0.3, 0.4) is 0 Å². The van der Waals surface area contributed by atoms with Crippen LogP contribution in [0.1, 0.15) is 25.6 Å². The molecule has 0 spiro atoms. The molecule has 0 bridgehead atoms. The van der Waals surface area contributed by atoms with Crippen molar-refractivity contribution in [2.45, 2.75) is 32.7 Å². The highest BCUT2D eigenvalue weighted by Gasteiger charge is 2.22. The van der Waals surface area contributed by atoms with Gasteiger partial charge in [0.15, 0.2) is 5.65 Å². The van der Waals surface area contributed by atoms with E-state index >= 15 is 0 Å². The summed E-state index contributed by atoms with van der Waals surface area (Å²) in [4.78, 5) is 11.9. The van der Waals surface area contributed by atoms with Gasteiger partial charge in [0.05, 0.1) is 6.61 Å². The highest BCUT2D eigenvalue weighted by molar-refractivity contribution is 5.71. The minimum Gasteiger partial charge on any atom is -0.383 e. The van der Waals surface area contributed by atoms with Crippen LogP contribution in [0.4, 0.5) is 0 Å². The quantitative estimate of drug-likeness (QED) is 0.821. The zero-order chi connectivity index (χ0) is 15.4. The second-order valence-corrected chi connectivity index (χ2v) is 6.12. The van der Waals surface area contributed by atoms with E-state index in [4.69, 9.17) is 9.72 Å². The molecule has 0 saturated carbocycles. The van der Waals surface area contributed by atoms with Crippen molar-refractivity contribution >= 4 is 11.2 Å².